The minimum absolute atomic E-state index is 0.421. The fraction of sp³-hybridized carbons (Fsp3) is 0.571. The minimum Gasteiger partial charge on any atom is -0.508 e. The largest absolute Gasteiger partial charge is 0.508 e. The fourth-order valence-electron chi connectivity index (χ4n) is 3.22. The molecule has 1 aliphatic carbocycles. The summed E-state index contributed by atoms with van der Waals surface area (Å²) in [5.41, 5.74) is 2.84. The van der Waals surface area contributed by atoms with E-state index in [0.717, 1.165) is 0 Å². The molecule has 86 valence electrons. The third kappa shape index (κ3) is 1.82. The van der Waals surface area contributed by atoms with Crippen LogP contribution in [0.15, 0.2) is 18.2 Å². The Morgan fingerprint density at radius 3 is 3.06 bits per heavy atom. The van der Waals surface area contributed by atoms with Crippen LogP contribution in [0.25, 0.3) is 0 Å². The van der Waals surface area contributed by atoms with E-state index in [9.17, 15) is 5.11 Å². The Kier molecular flexibility index (Phi) is 2.60. The van der Waals surface area contributed by atoms with E-state index in [1.807, 2.05) is 12.1 Å². The van der Waals surface area contributed by atoms with Gasteiger partial charge in [-0.05, 0) is 67.8 Å². The standard InChI is InChI=1S/C14H19NO/c16-13-6-5-10-3-4-11(14(10)9-13)8-12-2-1-7-15-12/h5-6,9,11-12,15-16H,1-4,7-8H2. The molecule has 2 nitrogen and oxygen atoms in total. The van der Waals surface area contributed by atoms with Gasteiger partial charge in [-0.1, -0.05) is 6.07 Å². The molecule has 2 aliphatic rings. The summed E-state index contributed by atoms with van der Waals surface area (Å²) in [6.45, 7) is 1.18. The van der Waals surface area contributed by atoms with Crippen molar-refractivity contribution < 1.29 is 5.11 Å². The van der Waals surface area contributed by atoms with E-state index >= 15 is 0 Å². The number of benzene rings is 1. The van der Waals surface area contributed by atoms with E-state index in [1.165, 1.54) is 49.8 Å². The van der Waals surface area contributed by atoms with Crippen LogP contribution in [0.5, 0.6) is 5.75 Å². The summed E-state index contributed by atoms with van der Waals surface area (Å²) in [6, 6.07) is 6.59. The zero-order valence-electron chi connectivity index (χ0n) is 9.58. The van der Waals surface area contributed by atoms with Gasteiger partial charge in [0.25, 0.3) is 0 Å². The summed E-state index contributed by atoms with van der Waals surface area (Å²) in [5.74, 6) is 1.09. The highest BCUT2D eigenvalue weighted by molar-refractivity contribution is 5.40. The van der Waals surface area contributed by atoms with Crippen molar-refractivity contribution in [3.8, 4) is 5.75 Å². The van der Waals surface area contributed by atoms with Crippen LogP contribution in [0, 0.1) is 0 Å². The first-order valence-corrected chi connectivity index (χ1v) is 6.38. The molecule has 0 saturated carbocycles. The minimum atomic E-state index is 0.421. The van der Waals surface area contributed by atoms with Crippen LogP contribution in [0.1, 0.15) is 42.7 Å². The average molecular weight is 217 g/mol. The number of phenolic OH excluding ortho intramolecular Hbond substituents is 1. The van der Waals surface area contributed by atoms with Gasteiger partial charge in [0.1, 0.15) is 5.75 Å². The topological polar surface area (TPSA) is 32.3 Å². The molecule has 1 saturated heterocycles. The van der Waals surface area contributed by atoms with Crippen LogP contribution >= 0.6 is 0 Å². The van der Waals surface area contributed by atoms with Gasteiger partial charge in [0.2, 0.25) is 0 Å². The monoisotopic (exact) mass is 217 g/mol. The summed E-state index contributed by atoms with van der Waals surface area (Å²) < 4.78 is 0. The van der Waals surface area contributed by atoms with Crippen LogP contribution in [0.3, 0.4) is 0 Å². The number of aromatic hydroxyl groups is 1. The number of fused-ring (bicyclic) bond motifs is 1. The Hall–Kier alpha value is -1.02. The molecule has 2 N–H and O–H groups in total. The number of nitrogens with one attached hydrogen (secondary N) is 1. The average Bonchev–Trinajstić information content (AvgIpc) is 2.90. The van der Waals surface area contributed by atoms with Gasteiger partial charge >= 0.3 is 0 Å². The van der Waals surface area contributed by atoms with Crippen molar-refractivity contribution >= 4 is 0 Å². The lowest BCUT2D eigenvalue weighted by Crippen LogP contribution is -2.23. The van der Waals surface area contributed by atoms with Crippen LogP contribution in [-0.4, -0.2) is 17.7 Å². The van der Waals surface area contributed by atoms with E-state index in [0.29, 0.717) is 17.7 Å². The normalized spacial score (nSPS) is 28.2. The van der Waals surface area contributed by atoms with Gasteiger partial charge in [-0.3, -0.25) is 0 Å². The van der Waals surface area contributed by atoms with Crippen molar-refractivity contribution in [2.75, 3.05) is 6.54 Å². The Balaban J connectivity index is 1.77. The summed E-state index contributed by atoms with van der Waals surface area (Å²) in [4.78, 5) is 0. The maximum atomic E-state index is 9.56. The fourth-order valence-corrected chi connectivity index (χ4v) is 3.22. The molecule has 2 atom stereocenters. The lowest BCUT2D eigenvalue weighted by molar-refractivity contribution is 0.468. The lowest BCUT2D eigenvalue weighted by Gasteiger charge is -2.17. The Bertz CT molecular complexity index is 382. The summed E-state index contributed by atoms with van der Waals surface area (Å²) in [6.07, 6.45) is 6.34. The third-order valence-corrected chi connectivity index (χ3v) is 4.06. The maximum Gasteiger partial charge on any atom is 0.115 e. The van der Waals surface area contributed by atoms with E-state index in [-0.39, 0.29) is 0 Å². The molecular formula is C14H19NO. The van der Waals surface area contributed by atoms with Gasteiger partial charge in [-0.15, -0.1) is 0 Å². The van der Waals surface area contributed by atoms with Gasteiger partial charge in [0.15, 0.2) is 0 Å². The third-order valence-electron chi connectivity index (χ3n) is 4.06. The van der Waals surface area contributed by atoms with Crippen LogP contribution in [0.4, 0.5) is 0 Å². The van der Waals surface area contributed by atoms with Crippen LogP contribution in [0.2, 0.25) is 0 Å². The molecule has 1 heterocycles. The maximum absolute atomic E-state index is 9.56. The molecule has 16 heavy (non-hydrogen) atoms. The molecule has 0 spiro atoms. The molecule has 0 bridgehead atoms. The van der Waals surface area contributed by atoms with Gasteiger partial charge < -0.3 is 10.4 Å². The van der Waals surface area contributed by atoms with Crippen molar-refractivity contribution in [1.82, 2.24) is 5.32 Å². The van der Waals surface area contributed by atoms with Crippen molar-refractivity contribution in [3.05, 3.63) is 29.3 Å². The Labute approximate surface area is 96.7 Å². The first-order chi connectivity index (χ1) is 7.83. The summed E-state index contributed by atoms with van der Waals surface area (Å²) in [5, 5.41) is 13.1. The van der Waals surface area contributed by atoms with E-state index in [1.54, 1.807) is 0 Å². The predicted molar refractivity (Wildman–Crippen MR) is 64.8 cm³/mol. The number of phenols is 1. The van der Waals surface area contributed by atoms with Crippen molar-refractivity contribution in [2.24, 2.45) is 0 Å². The van der Waals surface area contributed by atoms with E-state index in [4.69, 9.17) is 0 Å². The SMILES string of the molecule is Oc1ccc2c(c1)C(CC1CCCN1)CC2. The number of hydrogen-bond acceptors (Lipinski definition) is 2. The molecule has 2 unspecified atom stereocenters. The molecule has 1 fully saturated rings. The Morgan fingerprint density at radius 1 is 1.31 bits per heavy atom. The first-order valence-electron chi connectivity index (χ1n) is 6.38. The smallest absolute Gasteiger partial charge is 0.115 e. The van der Waals surface area contributed by atoms with Crippen molar-refractivity contribution in [1.29, 1.82) is 0 Å². The molecule has 1 aromatic rings. The molecule has 0 radical (unpaired) electrons. The van der Waals surface area contributed by atoms with E-state index in [2.05, 4.69) is 11.4 Å². The number of hydrogen-bond donors (Lipinski definition) is 2. The van der Waals surface area contributed by atoms with Gasteiger partial charge in [-0.25, -0.2) is 0 Å². The van der Waals surface area contributed by atoms with Gasteiger partial charge in [-0.2, -0.15) is 0 Å². The molecular weight excluding hydrogens is 198 g/mol. The first kappa shape index (κ1) is 10.2. The molecule has 1 aromatic carbocycles. The number of rotatable bonds is 2. The quantitative estimate of drug-likeness (QED) is 0.798. The van der Waals surface area contributed by atoms with Crippen LogP contribution in [-0.2, 0) is 6.42 Å². The van der Waals surface area contributed by atoms with Gasteiger partial charge in [0, 0.05) is 6.04 Å². The second-order valence-electron chi connectivity index (χ2n) is 5.15. The second kappa shape index (κ2) is 4.10. The van der Waals surface area contributed by atoms with E-state index < -0.39 is 0 Å². The molecule has 1 aliphatic heterocycles. The zero-order valence-corrected chi connectivity index (χ0v) is 9.58. The molecule has 3 rings (SSSR count). The molecule has 0 aromatic heterocycles. The highest BCUT2D eigenvalue weighted by Gasteiger charge is 2.26. The highest BCUT2D eigenvalue weighted by Crippen LogP contribution is 2.38. The van der Waals surface area contributed by atoms with Gasteiger partial charge in [0.05, 0.1) is 0 Å². The zero-order chi connectivity index (χ0) is 11.0. The summed E-state index contributed by atoms with van der Waals surface area (Å²) >= 11 is 0. The second-order valence-corrected chi connectivity index (χ2v) is 5.15. The molecule has 0 amide bonds. The number of aryl methyl sites for hydroxylation is 1. The molecule has 2 heteroatoms. The van der Waals surface area contributed by atoms with Crippen molar-refractivity contribution in [2.45, 2.75) is 44.1 Å². The highest BCUT2D eigenvalue weighted by atomic mass is 16.3. The van der Waals surface area contributed by atoms with Crippen molar-refractivity contribution in [3.63, 3.8) is 0 Å². The lowest BCUT2D eigenvalue weighted by atomic mass is 9.93. The van der Waals surface area contributed by atoms with Crippen LogP contribution < -0.4 is 5.32 Å². The summed E-state index contributed by atoms with van der Waals surface area (Å²) in [7, 11) is 0. The predicted octanol–water partition coefficient (Wildman–Crippen LogP) is 2.56. The Morgan fingerprint density at radius 2 is 2.25 bits per heavy atom.